The van der Waals surface area contributed by atoms with Crippen LogP contribution in [-0.2, 0) is 0 Å². The molecule has 4 aromatic carbocycles. The molecular weight excluding hydrogens is 563 g/mol. The summed E-state index contributed by atoms with van der Waals surface area (Å²) in [5, 5.41) is 3.88. The Morgan fingerprint density at radius 3 is 1.21 bits per heavy atom. The van der Waals surface area contributed by atoms with Crippen molar-refractivity contribution in [2.75, 3.05) is 24.6 Å². The number of hydrogen-bond donors (Lipinski definition) is 2. The van der Waals surface area contributed by atoms with E-state index in [4.69, 9.17) is 23.2 Å². The summed E-state index contributed by atoms with van der Waals surface area (Å²) in [6, 6.07) is 17.4. The van der Waals surface area contributed by atoms with Crippen LogP contribution in [0.1, 0.15) is 41.4 Å². The maximum Gasteiger partial charge on any atom is 0.261 e. The molecule has 0 saturated heterocycles. The van der Waals surface area contributed by atoms with Gasteiger partial charge in [-0.25, -0.2) is 0 Å². The molecule has 0 spiro atoms. The summed E-state index contributed by atoms with van der Waals surface area (Å²) in [5.41, 5.74) is 2.10. The number of carbonyl (C=O) groups excluding carboxylic acids is 4. The Balaban J connectivity index is 0.000000155. The van der Waals surface area contributed by atoms with Crippen LogP contribution >= 0.6 is 48.5 Å². The number of halogens is 2. The van der Waals surface area contributed by atoms with Crippen molar-refractivity contribution in [2.45, 2.75) is 0 Å². The van der Waals surface area contributed by atoms with E-state index >= 15 is 0 Å². The van der Waals surface area contributed by atoms with E-state index in [1.165, 1.54) is 9.80 Å². The topological polar surface area (TPSA) is 74.8 Å². The zero-order valence-electron chi connectivity index (χ0n) is 19.8. The third kappa shape index (κ3) is 4.25. The summed E-state index contributed by atoms with van der Waals surface area (Å²) in [6.45, 7) is 0.610. The molecule has 4 amide bonds. The number of rotatable bonds is 4. The van der Waals surface area contributed by atoms with E-state index in [9.17, 15) is 19.2 Å². The first kappa shape index (κ1) is 26.6. The molecule has 0 unspecified atom stereocenters. The number of hydrogen-bond acceptors (Lipinski definition) is 6. The van der Waals surface area contributed by atoms with Gasteiger partial charge in [0.15, 0.2) is 0 Å². The zero-order chi connectivity index (χ0) is 27.1. The Bertz CT molecular complexity index is 1510. The van der Waals surface area contributed by atoms with E-state index in [1.807, 2.05) is 12.1 Å². The van der Waals surface area contributed by atoms with Crippen molar-refractivity contribution >= 4 is 93.6 Å². The van der Waals surface area contributed by atoms with Crippen LogP contribution in [-0.4, -0.2) is 58.0 Å². The minimum atomic E-state index is -0.278. The largest absolute Gasteiger partial charge is 0.274 e. The van der Waals surface area contributed by atoms with Crippen LogP contribution in [0.15, 0.2) is 60.7 Å². The lowest BCUT2D eigenvalue weighted by Crippen LogP contribution is -2.41. The van der Waals surface area contributed by atoms with Crippen molar-refractivity contribution in [1.82, 2.24) is 9.80 Å². The molecule has 0 N–H and O–H groups in total. The van der Waals surface area contributed by atoms with Crippen molar-refractivity contribution in [1.29, 1.82) is 0 Å². The van der Waals surface area contributed by atoms with Gasteiger partial charge in [-0.15, -0.1) is 0 Å². The molecule has 0 radical (unpaired) electrons. The van der Waals surface area contributed by atoms with Gasteiger partial charge >= 0.3 is 0 Å². The Morgan fingerprint density at radius 2 is 0.868 bits per heavy atom. The molecule has 0 atom stereocenters. The minimum Gasteiger partial charge on any atom is -0.274 e. The molecule has 0 bridgehead atoms. The van der Waals surface area contributed by atoms with Crippen molar-refractivity contribution in [3.63, 3.8) is 0 Å². The molecule has 2 heterocycles. The highest BCUT2D eigenvalue weighted by Gasteiger charge is 2.33. The molecule has 192 valence electrons. The van der Waals surface area contributed by atoms with E-state index in [0.717, 1.165) is 10.8 Å². The SMILES string of the molecule is O=C1c2cccc3c(Cl)ccc(c23)C(=O)N1CCS.O=C1c2cccc3c(Cl)ccc(c23)C(=O)N1CCS. The van der Waals surface area contributed by atoms with Gasteiger partial charge < -0.3 is 0 Å². The van der Waals surface area contributed by atoms with Gasteiger partial charge in [0.05, 0.1) is 0 Å². The highest BCUT2D eigenvalue weighted by molar-refractivity contribution is 7.80. The third-order valence-corrected chi connectivity index (χ3v) is 7.58. The Labute approximate surface area is 239 Å². The number of amides is 4. The maximum atomic E-state index is 12.3. The van der Waals surface area contributed by atoms with Gasteiger partial charge in [0.25, 0.3) is 23.6 Å². The molecule has 2 aliphatic heterocycles. The highest BCUT2D eigenvalue weighted by atomic mass is 35.5. The average molecular weight is 584 g/mol. The Hall–Kier alpha value is -3.04. The molecular formula is C28H20Cl2N2O4S2. The van der Waals surface area contributed by atoms with E-state index in [-0.39, 0.29) is 23.6 Å². The molecule has 0 aromatic heterocycles. The van der Waals surface area contributed by atoms with Crippen molar-refractivity contribution in [3.05, 3.63) is 93.0 Å². The van der Waals surface area contributed by atoms with Gasteiger partial charge in [-0.2, -0.15) is 25.3 Å². The van der Waals surface area contributed by atoms with Crippen LogP contribution in [0.5, 0.6) is 0 Å². The normalized spacial score (nSPS) is 14.3. The standard InChI is InChI=1S/2C14H10ClNO2S/c2*15-11-5-4-10-12-8(11)2-1-3-9(12)13(17)16(6-7-19)14(10)18/h2*1-5,19H,6-7H2. The highest BCUT2D eigenvalue weighted by Crippen LogP contribution is 2.35. The second-order valence-electron chi connectivity index (χ2n) is 8.62. The lowest BCUT2D eigenvalue weighted by atomic mass is 9.94. The first-order valence-corrected chi connectivity index (χ1v) is 13.7. The van der Waals surface area contributed by atoms with E-state index in [2.05, 4.69) is 25.3 Å². The summed E-state index contributed by atoms with van der Waals surface area (Å²) < 4.78 is 0. The summed E-state index contributed by atoms with van der Waals surface area (Å²) in [4.78, 5) is 51.8. The van der Waals surface area contributed by atoms with Crippen molar-refractivity contribution < 1.29 is 19.2 Å². The summed E-state index contributed by atoms with van der Waals surface area (Å²) in [6.07, 6.45) is 0. The number of carbonyl (C=O) groups is 4. The third-order valence-electron chi connectivity index (χ3n) is 6.52. The number of thiol groups is 2. The Kier molecular flexibility index (Phi) is 7.42. The summed E-state index contributed by atoms with van der Waals surface area (Å²) in [7, 11) is 0. The molecule has 10 heteroatoms. The predicted octanol–water partition coefficient (Wildman–Crippen LogP) is 6.04. The minimum absolute atomic E-state index is 0.278. The summed E-state index contributed by atoms with van der Waals surface area (Å²) in [5.74, 6) is -0.232. The monoisotopic (exact) mass is 582 g/mol. The van der Waals surface area contributed by atoms with Gasteiger partial charge in [-0.05, 0) is 36.4 Å². The first-order chi connectivity index (χ1) is 18.3. The molecule has 6 nitrogen and oxygen atoms in total. The fourth-order valence-electron chi connectivity index (χ4n) is 4.83. The fraction of sp³-hybridized carbons (Fsp3) is 0.143. The second kappa shape index (κ2) is 10.6. The van der Waals surface area contributed by atoms with Gasteiger partial charge in [0, 0.05) is 78.4 Å². The lowest BCUT2D eigenvalue weighted by molar-refractivity contribution is 0.0605. The van der Waals surface area contributed by atoms with Gasteiger partial charge in [0.1, 0.15) is 0 Å². The smallest absolute Gasteiger partial charge is 0.261 e. The molecule has 4 aromatic rings. The van der Waals surface area contributed by atoms with Crippen LogP contribution in [0.3, 0.4) is 0 Å². The van der Waals surface area contributed by atoms with Gasteiger partial charge in [-0.3, -0.25) is 29.0 Å². The Morgan fingerprint density at radius 1 is 0.526 bits per heavy atom. The molecule has 6 rings (SSSR count). The number of benzene rings is 4. The second-order valence-corrected chi connectivity index (χ2v) is 10.3. The van der Waals surface area contributed by atoms with Gasteiger partial charge in [0.2, 0.25) is 0 Å². The first-order valence-electron chi connectivity index (χ1n) is 11.7. The van der Waals surface area contributed by atoms with Crippen LogP contribution in [0, 0.1) is 0 Å². The average Bonchev–Trinajstić information content (AvgIpc) is 2.92. The lowest BCUT2D eigenvalue weighted by Gasteiger charge is -2.26. The molecule has 0 aliphatic carbocycles. The van der Waals surface area contributed by atoms with Gasteiger partial charge in [-0.1, -0.05) is 47.5 Å². The zero-order valence-corrected chi connectivity index (χ0v) is 23.1. The summed E-state index contributed by atoms with van der Waals surface area (Å²) >= 11 is 20.4. The molecule has 2 aliphatic rings. The fourth-order valence-corrected chi connectivity index (χ4v) is 5.67. The van der Waals surface area contributed by atoms with Crippen LogP contribution < -0.4 is 0 Å². The molecule has 0 saturated carbocycles. The van der Waals surface area contributed by atoms with Crippen LogP contribution in [0.25, 0.3) is 21.5 Å². The molecule has 38 heavy (non-hydrogen) atoms. The van der Waals surface area contributed by atoms with E-state index in [0.29, 0.717) is 67.7 Å². The number of imide groups is 2. The predicted molar refractivity (Wildman–Crippen MR) is 156 cm³/mol. The van der Waals surface area contributed by atoms with E-state index in [1.54, 1.807) is 48.5 Å². The van der Waals surface area contributed by atoms with Crippen LogP contribution in [0.4, 0.5) is 0 Å². The number of nitrogens with zero attached hydrogens (tertiary/aromatic N) is 2. The quantitative estimate of drug-likeness (QED) is 0.227. The van der Waals surface area contributed by atoms with Crippen LogP contribution in [0.2, 0.25) is 10.0 Å². The molecule has 0 fully saturated rings. The van der Waals surface area contributed by atoms with Crippen molar-refractivity contribution in [3.8, 4) is 0 Å². The van der Waals surface area contributed by atoms with Crippen molar-refractivity contribution in [2.24, 2.45) is 0 Å². The maximum absolute atomic E-state index is 12.3. The van der Waals surface area contributed by atoms with E-state index < -0.39 is 0 Å².